The molecule has 1 amide bonds. The van der Waals surface area contributed by atoms with Gasteiger partial charge in [-0.3, -0.25) is 4.79 Å². The van der Waals surface area contributed by atoms with E-state index in [9.17, 15) is 4.79 Å². The minimum atomic E-state index is 0.243. The molecule has 2 N–H and O–H groups in total. The lowest BCUT2D eigenvalue weighted by molar-refractivity contribution is -0.134. The van der Waals surface area contributed by atoms with Crippen molar-refractivity contribution in [2.75, 3.05) is 18.8 Å². The first kappa shape index (κ1) is 16.3. The second-order valence-electron chi connectivity index (χ2n) is 6.82. The second-order valence-corrected chi connectivity index (χ2v) is 6.82. The molecule has 0 radical (unpaired) electrons. The van der Waals surface area contributed by atoms with Crippen LogP contribution in [0.3, 0.4) is 0 Å². The Hall–Kier alpha value is -1.55. The largest absolute Gasteiger partial charge is 0.399 e. The molecule has 2 fully saturated rings. The van der Waals surface area contributed by atoms with Gasteiger partial charge in [0.1, 0.15) is 0 Å². The van der Waals surface area contributed by atoms with Crippen LogP contribution in [0.5, 0.6) is 0 Å². The van der Waals surface area contributed by atoms with E-state index >= 15 is 0 Å². The fraction of sp³-hybridized carbons (Fsp3) is 0.632. The molecule has 1 aromatic rings. The molecule has 2 aliphatic rings. The lowest BCUT2D eigenvalue weighted by Gasteiger charge is -2.33. The minimum absolute atomic E-state index is 0.243. The van der Waals surface area contributed by atoms with Crippen LogP contribution in [-0.4, -0.2) is 36.1 Å². The van der Waals surface area contributed by atoms with Crippen molar-refractivity contribution in [3.63, 3.8) is 0 Å². The third kappa shape index (κ3) is 4.47. The van der Waals surface area contributed by atoms with Crippen LogP contribution in [0.25, 0.3) is 0 Å². The van der Waals surface area contributed by atoms with Crippen molar-refractivity contribution in [3.8, 4) is 0 Å². The first-order valence-electron chi connectivity index (χ1n) is 8.99. The molecule has 0 atom stereocenters. The molecule has 0 bridgehead atoms. The van der Waals surface area contributed by atoms with Crippen LogP contribution in [0.1, 0.15) is 50.5 Å². The number of piperidine rings is 1. The van der Waals surface area contributed by atoms with E-state index in [-0.39, 0.29) is 5.91 Å². The fourth-order valence-electron chi connectivity index (χ4n) is 3.70. The number of amides is 1. The second kappa shape index (κ2) is 7.82. The monoisotopic (exact) mass is 316 g/mol. The molecular formula is C19H28N2O2. The molecule has 126 valence electrons. The maximum Gasteiger partial charge on any atom is 0.222 e. The van der Waals surface area contributed by atoms with E-state index in [4.69, 9.17) is 10.5 Å². The highest BCUT2D eigenvalue weighted by atomic mass is 16.5. The maximum atomic E-state index is 12.4. The smallest absolute Gasteiger partial charge is 0.222 e. The van der Waals surface area contributed by atoms with Gasteiger partial charge in [-0.1, -0.05) is 31.0 Å². The normalized spacial score (nSPS) is 20.1. The molecule has 1 aliphatic carbocycles. The number of benzene rings is 1. The SMILES string of the molecule is Nc1ccccc1CCC(=O)N1CCC(OC2CCCC2)CC1. The summed E-state index contributed by atoms with van der Waals surface area (Å²) in [6.07, 6.45) is 9.12. The molecule has 1 saturated heterocycles. The maximum absolute atomic E-state index is 12.4. The van der Waals surface area contributed by atoms with Crippen LogP contribution < -0.4 is 5.73 Å². The van der Waals surface area contributed by atoms with E-state index in [0.717, 1.165) is 43.6 Å². The Morgan fingerprint density at radius 2 is 1.74 bits per heavy atom. The van der Waals surface area contributed by atoms with Gasteiger partial charge in [0, 0.05) is 25.2 Å². The van der Waals surface area contributed by atoms with Gasteiger partial charge >= 0.3 is 0 Å². The Bertz CT molecular complexity index is 518. The summed E-state index contributed by atoms with van der Waals surface area (Å²) in [5.74, 6) is 0.243. The summed E-state index contributed by atoms with van der Waals surface area (Å²) >= 11 is 0. The van der Waals surface area contributed by atoms with Gasteiger partial charge in [0.25, 0.3) is 0 Å². The Morgan fingerprint density at radius 1 is 1.09 bits per heavy atom. The van der Waals surface area contributed by atoms with Gasteiger partial charge in [0.15, 0.2) is 0 Å². The number of aryl methyl sites for hydroxylation is 1. The van der Waals surface area contributed by atoms with Gasteiger partial charge in [-0.25, -0.2) is 0 Å². The molecule has 23 heavy (non-hydrogen) atoms. The Kier molecular flexibility index (Phi) is 5.55. The lowest BCUT2D eigenvalue weighted by atomic mass is 10.0. The molecule has 1 aliphatic heterocycles. The minimum Gasteiger partial charge on any atom is -0.399 e. The molecule has 1 saturated carbocycles. The van der Waals surface area contributed by atoms with Crippen molar-refractivity contribution in [2.45, 2.75) is 63.6 Å². The topological polar surface area (TPSA) is 55.6 Å². The van der Waals surface area contributed by atoms with Crippen molar-refractivity contribution in [2.24, 2.45) is 0 Å². The Labute approximate surface area is 139 Å². The number of ether oxygens (including phenoxy) is 1. The molecule has 3 rings (SSSR count). The number of nitrogens with zero attached hydrogens (tertiary/aromatic N) is 1. The van der Waals surface area contributed by atoms with E-state index in [0.29, 0.717) is 18.6 Å². The quantitative estimate of drug-likeness (QED) is 0.849. The van der Waals surface area contributed by atoms with Crippen molar-refractivity contribution >= 4 is 11.6 Å². The van der Waals surface area contributed by atoms with Gasteiger partial charge in [-0.2, -0.15) is 0 Å². The average molecular weight is 316 g/mol. The van der Waals surface area contributed by atoms with Crippen molar-refractivity contribution in [3.05, 3.63) is 29.8 Å². The summed E-state index contributed by atoms with van der Waals surface area (Å²) < 4.78 is 6.17. The number of likely N-dealkylation sites (tertiary alicyclic amines) is 1. The van der Waals surface area contributed by atoms with Crippen molar-refractivity contribution < 1.29 is 9.53 Å². The van der Waals surface area contributed by atoms with Crippen LogP contribution in [-0.2, 0) is 16.0 Å². The Morgan fingerprint density at radius 3 is 2.43 bits per heavy atom. The molecular weight excluding hydrogens is 288 g/mol. The van der Waals surface area contributed by atoms with E-state index in [1.165, 1.54) is 25.7 Å². The van der Waals surface area contributed by atoms with Gasteiger partial charge in [-0.05, 0) is 43.7 Å². The summed E-state index contributed by atoms with van der Waals surface area (Å²) in [4.78, 5) is 14.4. The van der Waals surface area contributed by atoms with E-state index in [1.54, 1.807) is 0 Å². The highest BCUT2D eigenvalue weighted by molar-refractivity contribution is 5.76. The Balaban J connectivity index is 1.40. The van der Waals surface area contributed by atoms with Gasteiger partial charge in [0.2, 0.25) is 5.91 Å². The number of rotatable bonds is 5. The fourth-order valence-corrected chi connectivity index (χ4v) is 3.70. The van der Waals surface area contributed by atoms with Crippen LogP contribution in [0.15, 0.2) is 24.3 Å². The number of nitrogen functional groups attached to an aromatic ring is 1. The number of anilines is 1. The van der Waals surface area contributed by atoms with Gasteiger partial charge < -0.3 is 15.4 Å². The van der Waals surface area contributed by atoms with Crippen LogP contribution in [0, 0.1) is 0 Å². The summed E-state index contributed by atoms with van der Waals surface area (Å²) in [7, 11) is 0. The highest BCUT2D eigenvalue weighted by Crippen LogP contribution is 2.25. The zero-order valence-corrected chi connectivity index (χ0v) is 13.9. The summed E-state index contributed by atoms with van der Waals surface area (Å²) in [6, 6.07) is 7.80. The zero-order chi connectivity index (χ0) is 16.1. The molecule has 4 heteroatoms. The van der Waals surface area contributed by atoms with E-state index in [1.807, 2.05) is 29.2 Å². The van der Waals surface area contributed by atoms with Crippen molar-refractivity contribution in [1.82, 2.24) is 4.90 Å². The van der Waals surface area contributed by atoms with Gasteiger partial charge in [-0.15, -0.1) is 0 Å². The standard InChI is InChI=1S/C19H28N2O2/c20-18-8-4-1-5-15(18)9-10-19(22)21-13-11-17(12-14-21)23-16-6-2-3-7-16/h1,4-5,8,16-17H,2-3,6-7,9-14,20H2. The number of hydrogen-bond acceptors (Lipinski definition) is 3. The summed E-state index contributed by atoms with van der Waals surface area (Å²) in [5.41, 5.74) is 7.79. The average Bonchev–Trinajstić information content (AvgIpc) is 3.07. The third-order valence-electron chi connectivity index (χ3n) is 5.15. The number of para-hydroxylation sites is 1. The number of carbonyl (C=O) groups is 1. The van der Waals surface area contributed by atoms with E-state index < -0.39 is 0 Å². The highest BCUT2D eigenvalue weighted by Gasteiger charge is 2.26. The molecule has 0 spiro atoms. The third-order valence-corrected chi connectivity index (χ3v) is 5.15. The lowest BCUT2D eigenvalue weighted by Crippen LogP contribution is -2.41. The predicted molar refractivity (Wildman–Crippen MR) is 92.1 cm³/mol. The zero-order valence-electron chi connectivity index (χ0n) is 13.9. The van der Waals surface area contributed by atoms with Crippen molar-refractivity contribution in [1.29, 1.82) is 0 Å². The molecule has 0 aromatic heterocycles. The predicted octanol–water partition coefficient (Wildman–Crippen LogP) is 3.15. The number of carbonyl (C=O) groups excluding carboxylic acids is 1. The van der Waals surface area contributed by atoms with Gasteiger partial charge in [0.05, 0.1) is 12.2 Å². The van der Waals surface area contributed by atoms with Crippen LogP contribution >= 0.6 is 0 Å². The summed E-state index contributed by atoms with van der Waals surface area (Å²) in [5, 5.41) is 0. The molecule has 4 nitrogen and oxygen atoms in total. The first-order valence-corrected chi connectivity index (χ1v) is 8.99. The molecule has 1 heterocycles. The number of nitrogens with two attached hydrogens (primary N) is 1. The summed E-state index contributed by atoms with van der Waals surface area (Å²) in [6.45, 7) is 1.67. The van der Waals surface area contributed by atoms with Crippen LogP contribution in [0.4, 0.5) is 5.69 Å². The molecule has 0 unspecified atom stereocenters. The first-order chi connectivity index (χ1) is 11.2. The van der Waals surface area contributed by atoms with Crippen LogP contribution in [0.2, 0.25) is 0 Å². The van der Waals surface area contributed by atoms with E-state index in [2.05, 4.69) is 0 Å². The number of hydrogen-bond donors (Lipinski definition) is 1. The molecule has 1 aromatic carbocycles.